The molecule has 0 unspecified atom stereocenters. The molecule has 0 amide bonds. The van der Waals surface area contributed by atoms with Crippen LogP contribution in [0.25, 0.3) is 55.4 Å². The Morgan fingerprint density at radius 1 is 0.400 bits per heavy atom. The molecule has 0 radical (unpaired) electrons. The minimum absolute atomic E-state index is 0. The van der Waals surface area contributed by atoms with E-state index in [0.717, 1.165) is 21.5 Å². The first-order chi connectivity index (χ1) is 16.7. The molecule has 4 aromatic carbocycles. The van der Waals surface area contributed by atoms with Gasteiger partial charge in [0, 0.05) is 32.2 Å². The minimum atomic E-state index is 0. The molecule has 4 nitrogen and oxygen atoms in total. The number of aromatic hydroxyl groups is 2. The van der Waals surface area contributed by atoms with Gasteiger partial charge in [-0.15, -0.1) is 0 Å². The van der Waals surface area contributed by atoms with Crippen LogP contribution in [-0.2, 0) is 21.1 Å². The fourth-order valence-electron chi connectivity index (χ4n) is 4.32. The number of fused-ring (bicyclic) bond motifs is 2. The Bertz CT molecular complexity index is 1570. The molecule has 0 fully saturated rings. The third-order valence-corrected chi connectivity index (χ3v) is 6.04. The molecule has 2 heterocycles. The monoisotopic (exact) mass is 635 g/mol. The molecule has 0 aliphatic carbocycles. The zero-order valence-electron chi connectivity index (χ0n) is 18.5. The van der Waals surface area contributed by atoms with E-state index >= 15 is 0 Å². The van der Waals surface area contributed by atoms with Crippen molar-refractivity contribution >= 4 is 21.5 Å². The van der Waals surface area contributed by atoms with Crippen LogP contribution in [0.15, 0.2) is 109 Å². The van der Waals surface area contributed by atoms with Crippen molar-refractivity contribution in [2.75, 3.05) is 0 Å². The molecule has 0 saturated heterocycles. The standard InChI is InChI=1S/C30H20N2O2.Pt/c33-29-17-21-9-3-1-7-19(21)15-23(29)25-11-5-13-27(31-25)28-14-6-12-26(32-28)24-16-20-8-2-4-10-22(20)18-30(24)34;/h1-18,33-34H;. The number of rotatable bonds is 3. The third-order valence-electron chi connectivity index (χ3n) is 6.04. The van der Waals surface area contributed by atoms with Gasteiger partial charge in [-0.3, -0.25) is 0 Å². The van der Waals surface area contributed by atoms with Gasteiger partial charge in [0.2, 0.25) is 0 Å². The van der Waals surface area contributed by atoms with Crippen LogP contribution in [0.3, 0.4) is 0 Å². The zero-order valence-corrected chi connectivity index (χ0v) is 20.8. The van der Waals surface area contributed by atoms with E-state index in [0.29, 0.717) is 33.9 Å². The minimum Gasteiger partial charge on any atom is -0.507 e. The summed E-state index contributed by atoms with van der Waals surface area (Å²) in [5.74, 6) is 0.372. The molecular weight excluding hydrogens is 615 g/mol. The summed E-state index contributed by atoms with van der Waals surface area (Å²) in [6, 6.07) is 34.6. The van der Waals surface area contributed by atoms with Crippen molar-refractivity contribution in [1.29, 1.82) is 0 Å². The van der Waals surface area contributed by atoms with Gasteiger partial charge in [-0.25, -0.2) is 9.97 Å². The van der Waals surface area contributed by atoms with Crippen LogP contribution in [0.4, 0.5) is 0 Å². The number of hydrogen-bond donors (Lipinski definition) is 2. The maximum atomic E-state index is 10.6. The first kappa shape index (κ1) is 22.8. The third kappa shape index (κ3) is 4.29. The summed E-state index contributed by atoms with van der Waals surface area (Å²) in [5, 5.41) is 25.3. The van der Waals surface area contributed by atoms with E-state index in [4.69, 9.17) is 9.97 Å². The van der Waals surface area contributed by atoms with Crippen molar-refractivity contribution in [3.63, 3.8) is 0 Å². The largest absolute Gasteiger partial charge is 0.507 e. The second kappa shape index (κ2) is 9.32. The molecule has 0 spiro atoms. The van der Waals surface area contributed by atoms with Gasteiger partial charge in [0.15, 0.2) is 0 Å². The quantitative estimate of drug-likeness (QED) is 0.216. The number of pyridine rings is 2. The molecule has 172 valence electrons. The number of benzene rings is 4. The van der Waals surface area contributed by atoms with E-state index < -0.39 is 0 Å². The molecule has 2 aromatic heterocycles. The number of nitrogens with zero attached hydrogens (tertiary/aromatic N) is 2. The molecule has 0 bridgehead atoms. The number of aromatic nitrogens is 2. The molecule has 35 heavy (non-hydrogen) atoms. The predicted molar refractivity (Wildman–Crippen MR) is 137 cm³/mol. The van der Waals surface area contributed by atoms with Gasteiger partial charge in [-0.1, -0.05) is 60.7 Å². The first-order valence-electron chi connectivity index (χ1n) is 11.0. The van der Waals surface area contributed by atoms with Gasteiger partial charge in [0.25, 0.3) is 0 Å². The van der Waals surface area contributed by atoms with Crippen LogP contribution in [0, 0.1) is 0 Å². The normalized spacial score (nSPS) is 10.9. The van der Waals surface area contributed by atoms with Crippen LogP contribution in [0.1, 0.15) is 0 Å². The van der Waals surface area contributed by atoms with Crippen LogP contribution in [-0.4, -0.2) is 20.2 Å². The summed E-state index contributed by atoms with van der Waals surface area (Å²) in [6.07, 6.45) is 0. The smallest absolute Gasteiger partial charge is 0.125 e. The Balaban J connectivity index is 0.00000253. The van der Waals surface area contributed by atoms with Crippen molar-refractivity contribution < 1.29 is 31.3 Å². The molecule has 0 atom stereocenters. The molecule has 6 rings (SSSR count). The summed E-state index contributed by atoms with van der Waals surface area (Å²) < 4.78 is 0. The molecule has 0 saturated carbocycles. The van der Waals surface area contributed by atoms with Gasteiger partial charge >= 0.3 is 0 Å². The molecular formula is C30H20N2O2Pt. The number of hydrogen-bond acceptors (Lipinski definition) is 4. The number of phenolic OH excluding ortho intramolecular Hbond substituents is 2. The van der Waals surface area contributed by atoms with Gasteiger partial charge in [0.05, 0.1) is 22.8 Å². The van der Waals surface area contributed by atoms with Crippen molar-refractivity contribution in [3.8, 4) is 45.4 Å². The van der Waals surface area contributed by atoms with Crippen molar-refractivity contribution in [2.24, 2.45) is 0 Å². The Hall–Kier alpha value is -4.01. The van der Waals surface area contributed by atoms with E-state index in [1.807, 2.05) is 97.1 Å². The average Bonchev–Trinajstić information content (AvgIpc) is 2.88. The molecule has 5 heteroatoms. The Morgan fingerprint density at radius 3 is 1.14 bits per heavy atom. The first-order valence-corrected chi connectivity index (χ1v) is 11.0. The number of phenols is 2. The second-order valence-electron chi connectivity index (χ2n) is 8.25. The van der Waals surface area contributed by atoms with E-state index in [-0.39, 0.29) is 32.6 Å². The van der Waals surface area contributed by atoms with Gasteiger partial charge in [0.1, 0.15) is 11.5 Å². The summed E-state index contributed by atoms with van der Waals surface area (Å²) >= 11 is 0. The van der Waals surface area contributed by atoms with Gasteiger partial charge < -0.3 is 10.2 Å². The summed E-state index contributed by atoms with van der Waals surface area (Å²) in [5.41, 5.74) is 4.05. The van der Waals surface area contributed by atoms with Crippen molar-refractivity contribution in [1.82, 2.24) is 9.97 Å². The Kier molecular flexibility index (Phi) is 6.06. The van der Waals surface area contributed by atoms with Crippen molar-refractivity contribution in [2.45, 2.75) is 0 Å². The van der Waals surface area contributed by atoms with Gasteiger partial charge in [-0.2, -0.15) is 0 Å². The Labute approximate surface area is 216 Å². The average molecular weight is 636 g/mol. The summed E-state index contributed by atoms with van der Waals surface area (Å²) in [7, 11) is 0. The fraction of sp³-hybridized carbons (Fsp3) is 0. The Morgan fingerprint density at radius 2 is 0.743 bits per heavy atom. The van der Waals surface area contributed by atoms with Crippen molar-refractivity contribution in [3.05, 3.63) is 109 Å². The van der Waals surface area contributed by atoms with Crippen LogP contribution >= 0.6 is 0 Å². The topological polar surface area (TPSA) is 66.2 Å². The van der Waals surface area contributed by atoms with Crippen LogP contribution in [0.5, 0.6) is 11.5 Å². The maximum absolute atomic E-state index is 10.6. The maximum Gasteiger partial charge on any atom is 0.125 e. The fourth-order valence-corrected chi connectivity index (χ4v) is 4.32. The second-order valence-corrected chi connectivity index (χ2v) is 8.25. The van der Waals surface area contributed by atoms with E-state index in [2.05, 4.69) is 0 Å². The summed E-state index contributed by atoms with van der Waals surface area (Å²) in [4.78, 5) is 9.61. The zero-order chi connectivity index (χ0) is 23.1. The van der Waals surface area contributed by atoms with Gasteiger partial charge in [-0.05, 0) is 70.1 Å². The molecule has 6 aromatic rings. The van der Waals surface area contributed by atoms with Crippen LogP contribution in [0.2, 0.25) is 0 Å². The molecule has 0 aliphatic heterocycles. The van der Waals surface area contributed by atoms with E-state index in [1.54, 1.807) is 12.1 Å². The SMILES string of the molecule is Oc1cc2ccccc2cc1-c1cccc(-c2cccc(-c3cc4ccccc4cc3O)n2)n1.[Pt]. The molecule has 2 N–H and O–H groups in total. The van der Waals surface area contributed by atoms with E-state index in [9.17, 15) is 10.2 Å². The predicted octanol–water partition coefficient (Wildman–Crippen LogP) is 7.19. The van der Waals surface area contributed by atoms with Crippen LogP contribution < -0.4 is 0 Å². The molecule has 0 aliphatic rings. The summed E-state index contributed by atoms with van der Waals surface area (Å²) in [6.45, 7) is 0. The van der Waals surface area contributed by atoms with E-state index in [1.165, 1.54) is 0 Å².